The molecule has 0 aliphatic heterocycles. The lowest BCUT2D eigenvalue weighted by Crippen LogP contribution is -2.28. The summed E-state index contributed by atoms with van der Waals surface area (Å²) in [5.74, 6) is 0.926. The second kappa shape index (κ2) is 7.18. The number of nitrogens with two attached hydrogens (primary N) is 1. The first-order chi connectivity index (χ1) is 9.49. The van der Waals surface area contributed by atoms with Gasteiger partial charge in [0.15, 0.2) is 5.78 Å². The Hall–Kier alpha value is -2.50. The summed E-state index contributed by atoms with van der Waals surface area (Å²) < 4.78 is 10.3. The van der Waals surface area contributed by atoms with E-state index in [0.717, 1.165) is 0 Å². The van der Waals surface area contributed by atoms with Gasteiger partial charge in [0.2, 0.25) is 0 Å². The zero-order valence-corrected chi connectivity index (χ0v) is 11.7. The predicted molar refractivity (Wildman–Crippen MR) is 76.0 cm³/mol. The first-order valence-corrected chi connectivity index (χ1v) is 5.92. The van der Waals surface area contributed by atoms with E-state index in [9.17, 15) is 9.59 Å². The van der Waals surface area contributed by atoms with Crippen molar-refractivity contribution in [2.24, 2.45) is 5.73 Å². The lowest BCUT2D eigenvalue weighted by Gasteiger charge is -2.16. The molecule has 3 N–H and O–H groups in total. The fourth-order valence-electron chi connectivity index (χ4n) is 1.59. The molecular formula is C14H18N2O4. The van der Waals surface area contributed by atoms with Crippen LogP contribution in [0.3, 0.4) is 0 Å². The maximum Gasteiger partial charge on any atom is 0.154 e. The number of allylic oxidation sites excluding steroid dienone is 1. The van der Waals surface area contributed by atoms with Crippen LogP contribution in [0.4, 0.5) is 5.69 Å². The fraction of sp³-hybridized carbons (Fsp3) is 0.286. The molecule has 0 aromatic heterocycles. The molecule has 1 aromatic carbocycles. The number of hydrogen-bond acceptors (Lipinski definition) is 6. The van der Waals surface area contributed by atoms with E-state index in [0.29, 0.717) is 23.5 Å². The first kappa shape index (κ1) is 15.6. The highest BCUT2D eigenvalue weighted by Gasteiger charge is 2.12. The molecule has 1 rings (SSSR count). The predicted octanol–water partition coefficient (Wildman–Crippen LogP) is 1.11. The summed E-state index contributed by atoms with van der Waals surface area (Å²) in [6.07, 6.45) is 1.84. The number of benzene rings is 1. The molecule has 0 aliphatic rings. The number of nitrogens with one attached hydrogen (secondary N) is 1. The molecule has 1 unspecified atom stereocenters. The van der Waals surface area contributed by atoms with Crippen LogP contribution in [0.2, 0.25) is 0 Å². The van der Waals surface area contributed by atoms with Crippen molar-refractivity contribution in [3.8, 4) is 11.5 Å². The topological polar surface area (TPSA) is 90.6 Å². The second-order valence-corrected chi connectivity index (χ2v) is 4.11. The van der Waals surface area contributed by atoms with Gasteiger partial charge in [-0.3, -0.25) is 4.79 Å². The van der Waals surface area contributed by atoms with Gasteiger partial charge in [0.25, 0.3) is 0 Å². The number of rotatable bonds is 7. The molecule has 0 aliphatic carbocycles. The molecule has 0 fully saturated rings. The van der Waals surface area contributed by atoms with Gasteiger partial charge in [-0.1, -0.05) is 0 Å². The van der Waals surface area contributed by atoms with Crippen molar-refractivity contribution in [1.29, 1.82) is 0 Å². The maximum atomic E-state index is 11.1. The van der Waals surface area contributed by atoms with Gasteiger partial charge in [-0.2, -0.15) is 0 Å². The Morgan fingerprint density at radius 1 is 1.25 bits per heavy atom. The highest BCUT2D eigenvalue weighted by molar-refractivity contribution is 5.89. The van der Waals surface area contributed by atoms with E-state index >= 15 is 0 Å². The van der Waals surface area contributed by atoms with Crippen molar-refractivity contribution < 1.29 is 19.1 Å². The van der Waals surface area contributed by atoms with Crippen molar-refractivity contribution in [1.82, 2.24) is 0 Å². The number of ether oxygens (including phenoxy) is 2. The lowest BCUT2D eigenvalue weighted by molar-refractivity contribution is -0.112. The third kappa shape index (κ3) is 4.31. The van der Waals surface area contributed by atoms with Crippen LogP contribution in [0.25, 0.3) is 0 Å². The van der Waals surface area contributed by atoms with Crippen molar-refractivity contribution in [2.45, 2.75) is 13.0 Å². The molecule has 0 radical (unpaired) electrons. The van der Waals surface area contributed by atoms with Crippen LogP contribution in [0.1, 0.15) is 6.92 Å². The van der Waals surface area contributed by atoms with Crippen LogP contribution in [-0.2, 0) is 9.59 Å². The van der Waals surface area contributed by atoms with E-state index in [2.05, 4.69) is 5.32 Å². The maximum absolute atomic E-state index is 11.1. The van der Waals surface area contributed by atoms with Gasteiger partial charge in [-0.25, -0.2) is 0 Å². The van der Waals surface area contributed by atoms with Gasteiger partial charge in [-0.15, -0.1) is 0 Å². The molecule has 1 atom stereocenters. The van der Waals surface area contributed by atoms with Gasteiger partial charge in [0.05, 0.1) is 14.2 Å². The van der Waals surface area contributed by atoms with E-state index in [4.69, 9.17) is 15.2 Å². The SMILES string of the molecule is COc1cc(NC(C=O)C(N)=CC(C)=O)cc(OC)c1. The van der Waals surface area contributed by atoms with E-state index < -0.39 is 6.04 Å². The molecule has 1 aromatic rings. The number of ketones is 1. The lowest BCUT2D eigenvalue weighted by atomic mass is 10.2. The number of hydrogen-bond donors (Lipinski definition) is 2. The summed E-state index contributed by atoms with van der Waals surface area (Å²) in [5, 5.41) is 2.91. The van der Waals surface area contributed by atoms with Crippen LogP contribution >= 0.6 is 0 Å². The molecule has 0 heterocycles. The summed E-state index contributed by atoms with van der Waals surface area (Å²) in [6.45, 7) is 1.36. The van der Waals surface area contributed by atoms with Gasteiger partial charge < -0.3 is 25.3 Å². The Kier molecular flexibility index (Phi) is 5.58. The van der Waals surface area contributed by atoms with Crippen molar-refractivity contribution in [3.63, 3.8) is 0 Å². The molecule has 108 valence electrons. The fourth-order valence-corrected chi connectivity index (χ4v) is 1.59. The smallest absolute Gasteiger partial charge is 0.154 e. The summed E-state index contributed by atoms with van der Waals surface area (Å²) in [6, 6.07) is 4.30. The number of aldehydes is 1. The molecule has 6 nitrogen and oxygen atoms in total. The van der Waals surface area contributed by atoms with Crippen LogP contribution in [0.15, 0.2) is 30.0 Å². The summed E-state index contributed by atoms with van der Waals surface area (Å²) in [7, 11) is 3.06. The number of methoxy groups -OCH3 is 2. The Morgan fingerprint density at radius 3 is 2.20 bits per heavy atom. The second-order valence-electron chi connectivity index (χ2n) is 4.11. The molecule has 6 heteroatoms. The van der Waals surface area contributed by atoms with E-state index in [-0.39, 0.29) is 11.5 Å². The summed E-state index contributed by atoms with van der Waals surface area (Å²) >= 11 is 0. The quantitative estimate of drug-likeness (QED) is 0.573. The molecule has 0 saturated carbocycles. The Morgan fingerprint density at radius 2 is 1.80 bits per heavy atom. The van der Waals surface area contributed by atoms with Gasteiger partial charge >= 0.3 is 0 Å². The number of anilines is 1. The molecule has 0 saturated heterocycles. The van der Waals surface area contributed by atoms with Gasteiger partial charge in [0.1, 0.15) is 23.8 Å². The standard InChI is InChI=1S/C14H18N2O4/c1-9(18)4-13(15)14(8-17)16-10-5-11(19-2)7-12(6-10)20-3/h4-8,14,16H,15H2,1-3H3. The third-order valence-corrected chi connectivity index (χ3v) is 2.54. The largest absolute Gasteiger partial charge is 0.497 e. The monoisotopic (exact) mass is 278 g/mol. The van der Waals surface area contributed by atoms with E-state index in [1.165, 1.54) is 27.2 Å². The first-order valence-electron chi connectivity index (χ1n) is 5.92. The molecule has 0 bridgehead atoms. The molecule has 0 spiro atoms. The van der Waals surface area contributed by atoms with Crippen molar-refractivity contribution >= 4 is 17.8 Å². The van der Waals surface area contributed by atoms with Crippen LogP contribution < -0.4 is 20.5 Å². The zero-order valence-electron chi connectivity index (χ0n) is 11.7. The summed E-state index contributed by atoms with van der Waals surface area (Å²) in [4.78, 5) is 22.1. The average molecular weight is 278 g/mol. The minimum Gasteiger partial charge on any atom is -0.497 e. The number of carbonyl (C=O) groups is 2. The zero-order chi connectivity index (χ0) is 15.1. The van der Waals surface area contributed by atoms with Crippen LogP contribution in [-0.4, -0.2) is 32.3 Å². The van der Waals surface area contributed by atoms with E-state index in [1.807, 2.05) is 0 Å². The van der Waals surface area contributed by atoms with Gasteiger partial charge in [0, 0.05) is 35.7 Å². The van der Waals surface area contributed by atoms with Crippen molar-refractivity contribution in [2.75, 3.05) is 19.5 Å². The highest BCUT2D eigenvalue weighted by Crippen LogP contribution is 2.26. The molecule has 20 heavy (non-hydrogen) atoms. The van der Waals surface area contributed by atoms with E-state index in [1.54, 1.807) is 18.2 Å². The minimum absolute atomic E-state index is 0.147. The average Bonchev–Trinajstić information content (AvgIpc) is 2.43. The summed E-state index contributed by atoms with van der Waals surface area (Å²) in [5.41, 5.74) is 6.45. The normalized spacial score (nSPS) is 12.4. The minimum atomic E-state index is -0.796. The third-order valence-electron chi connectivity index (χ3n) is 2.54. The Bertz CT molecular complexity index is 504. The number of carbonyl (C=O) groups excluding carboxylic acids is 2. The Balaban J connectivity index is 3.00. The van der Waals surface area contributed by atoms with Crippen LogP contribution in [0.5, 0.6) is 11.5 Å². The Labute approximate surface area is 117 Å². The molecule has 0 amide bonds. The van der Waals surface area contributed by atoms with Gasteiger partial charge in [-0.05, 0) is 6.92 Å². The molecular weight excluding hydrogens is 260 g/mol. The van der Waals surface area contributed by atoms with Crippen molar-refractivity contribution in [3.05, 3.63) is 30.0 Å². The highest BCUT2D eigenvalue weighted by atomic mass is 16.5. The van der Waals surface area contributed by atoms with Crippen LogP contribution in [0, 0.1) is 0 Å².